The predicted molar refractivity (Wildman–Crippen MR) is 131 cm³/mol. The second kappa shape index (κ2) is 8.88. The quantitative estimate of drug-likeness (QED) is 0.402. The van der Waals surface area contributed by atoms with Crippen molar-refractivity contribution in [1.29, 1.82) is 0 Å². The predicted octanol–water partition coefficient (Wildman–Crippen LogP) is 5.53. The van der Waals surface area contributed by atoms with Crippen LogP contribution in [0.3, 0.4) is 0 Å². The molecule has 0 saturated heterocycles. The minimum atomic E-state index is -0.765. The molecule has 1 aliphatic rings. The zero-order valence-electron chi connectivity index (χ0n) is 18.0. The van der Waals surface area contributed by atoms with E-state index in [1.54, 1.807) is 16.5 Å². The first-order chi connectivity index (χ1) is 16.1. The first-order valence-electron chi connectivity index (χ1n) is 10.6. The lowest BCUT2D eigenvalue weighted by Crippen LogP contribution is -2.37. The number of nitrogens with zero attached hydrogens (tertiary/aromatic N) is 2. The number of thiazole rings is 1. The third-order valence-corrected chi connectivity index (χ3v) is 6.27. The van der Waals surface area contributed by atoms with E-state index in [0.29, 0.717) is 17.2 Å². The Hall–Kier alpha value is -3.97. The van der Waals surface area contributed by atoms with Gasteiger partial charge >= 0.3 is 0 Å². The van der Waals surface area contributed by atoms with Crippen LogP contribution < -0.4 is 10.6 Å². The van der Waals surface area contributed by atoms with Crippen LogP contribution in [0.15, 0.2) is 84.4 Å². The molecule has 3 aromatic carbocycles. The molecule has 0 bridgehead atoms. The summed E-state index contributed by atoms with van der Waals surface area (Å²) in [5, 5.41) is 8.51. The number of para-hydroxylation sites is 1. The molecule has 0 radical (unpaired) electrons. The van der Waals surface area contributed by atoms with E-state index in [2.05, 4.69) is 15.6 Å². The topological polar surface area (TPSA) is 74.3 Å². The molecule has 0 fully saturated rings. The lowest BCUT2D eigenvalue weighted by molar-refractivity contribution is -0.120. The Balaban J connectivity index is 1.46. The van der Waals surface area contributed by atoms with Crippen LogP contribution in [0.4, 0.5) is 16.5 Å². The van der Waals surface area contributed by atoms with Gasteiger partial charge in [-0.15, -0.1) is 11.3 Å². The largest absolute Gasteiger partial charge is 0.356 e. The van der Waals surface area contributed by atoms with E-state index in [-0.39, 0.29) is 11.8 Å². The summed E-state index contributed by atoms with van der Waals surface area (Å²) in [6.07, 6.45) is 1.64. The van der Waals surface area contributed by atoms with Gasteiger partial charge < -0.3 is 10.2 Å². The Morgan fingerprint density at radius 2 is 1.88 bits per heavy atom. The van der Waals surface area contributed by atoms with Crippen molar-refractivity contribution in [3.05, 3.63) is 107 Å². The number of amides is 2. The first-order valence-corrected chi connectivity index (χ1v) is 11.5. The highest BCUT2D eigenvalue weighted by Gasteiger charge is 2.37. The number of hydrogen-bond donors (Lipinski definition) is 2. The van der Waals surface area contributed by atoms with E-state index in [1.165, 1.54) is 11.3 Å². The number of anilines is 3. The van der Waals surface area contributed by atoms with Crippen LogP contribution in [0.1, 0.15) is 33.1 Å². The Kier molecular flexibility index (Phi) is 5.62. The Morgan fingerprint density at radius 3 is 2.64 bits per heavy atom. The molecule has 164 valence electrons. The van der Waals surface area contributed by atoms with E-state index >= 15 is 0 Å². The van der Waals surface area contributed by atoms with Crippen LogP contribution >= 0.6 is 11.3 Å². The molecular weight excluding hydrogens is 432 g/mol. The molecule has 0 saturated carbocycles. The van der Waals surface area contributed by atoms with E-state index in [0.717, 1.165) is 28.1 Å². The number of carbonyl (C=O) groups excluding carboxylic acids is 2. The van der Waals surface area contributed by atoms with Crippen LogP contribution in [0.25, 0.3) is 0 Å². The van der Waals surface area contributed by atoms with E-state index in [1.807, 2.05) is 79.7 Å². The third-order valence-electron chi connectivity index (χ3n) is 5.58. The maximum atomic E-state index is 13.5. The SMILES string of the molecule is Cc1cccc([C@H](C(=O)Nc2nccs2)N2Cc3ccc(Nc4ccccc4)cc3C2=O)c1. The number of nitrogens with one attached hydrogen (secondary N) is 2. The molecule has 7 heteroatoms. The van der Waals surface area contributed by atoms with Crippen LogP contribution in [-0.2, 0) is 11.3 Å². The maximum Gasteiger partial charge on any atom is 0.255 e. The van der Waals surface area contributed by atoms with Crippen molar-refractivity contribution in [3.63, 3.8) is 0 Å². The molecule has 5 rings (SSSR count). The van der Waals surface area contributed by atoms with Crippen LogP contribution in [0, 0.1) is 6.92 Å². The molecule has 1 atom stereocenters. The molecule has 0 unspecified atom stereocenters. The molecule has 2 amide bonds. The van der Waals surface area contributed by atoms with Crippen molar-refractivity contribution in [2.45, 2.75) is 19.5 Å². The van der Waals surface area contributed by atoms with Gasteiger partial charge in [0, 0.05) is 35.1 Å². The van der Waals surface area contributed by atoms with Crippen molar-refractivity contribution >= 4 is 39.7 Å². The van der Waals surface area contributed by atoms with Crippen molar-refractivity contribution in [2.24, 2.45) is 0 Å². The van der Waals surface area contributed by atoms with Crippen molar-refractivity contribution < 1.29 is 9.59 Å². The van der Waals surface area contributed by atoms with Crippen molar-refractivity contribution in [2.75, 3.05) is 10.6 Å². The summed E-state index contributed by atoms with van der Waals surface area (Å²) in [4.78, 5) is 32.7. The van der Waals surface area contributed by atoms with Gasteiger partial charge in [-0.1, -0.05) is 54.1 Å². The van der Waals surface area contributed by atoms with E-state index in [9.17, 15) is 9.59 Å². The van der Waals surface area contributed by atoms with Gasteiger partial charge in [-0.2, -0.15) is 0 Å². The summed E-state index contributed by atoms with van der Waals surface area (Å²) >= 11 is 1.35. The van der Waals surface area contributed by atoms with Gasteiger partial charge in [0.15, 0.2) is 5.13 Å². The maximum absolute atomic E-state index is 13.5. The second-order valence-corrected chi connectivity index (χ2v) is 8.83. The van der Waals surface area contributed by atoms with Gasteiger partial charge in [-0.25, -0.2) is 4.98 Å². The summed E-state index contributed by atoms with van der Waals surface area (Å²) in [5.41, 5.74) is 5.08. The summed E-state index contributed by atoms with van der Waals surface area (Å²) < 4.78 is 0. The standard InChI is InChI=1S/C26H22N4O2S/c1-17-6-5-7-18(14-17)23(24(31)29-26-27-12-13-33-26)30-16-19-10-11-21(15-22(19)25(30)32)28-20-8-3-2-4-9-20/h2-15,23,28H,16H2,1H3,(H,27,29,31)/t23-/m1/s1. The molecule has 1 aliphatic heterocycles. The Labute approximate surface area is 195 Å². The van der Waals surface area contributed by atoms with Crippen LogP contribution in [-0.4, -0.2) is 21.7 Å². The molecule has 0 aliphatic carbocycles. The zero-order valence-corrected chi connectivity index (χ0v) is 18.8. The first kappa shape index (κ1) is 20.9. The molecule has 4 aromatic rings. The lowest BCUT2D eigenvalue weighted by atomic mass is 10.0. The van der Waals surface area contributed by atoms with Gasteiger partial charge in [-0.05, 0) is 42.3 Å². The highest BCUT2D eigenvalue weighted by Crippen LogP contribution is 2.34. The van der Waals surface area contributed by atoms with E-state index in [4.69, 9.17) is 0 Å². The van der Waals surface area contributed by atoms with Gasteiger partial charge in [-0.3, -0.25) is 14.9 Å². The van der Waals surface area contributed by atoms with Crippen molar-refractivity contribution in [1.82, 2.24) is 9.88 Å². The zero-order chi connectivity index (χ0) is 22.8. The van der Waals surface area contributed by atoms with Crippen LogP contribution in [0.2, 0.25) is 0 Å². The minimum Gasteiger partial charge on any atom is -0.356 e. The molecule has 6 nitrogen and oxygen atoms in total. The highest BCUT2D eigenvalue weighted by molar-refractivity contribution is 7.13. The van der Waals surface area contributed by atoms with Gasteiger partial charge in [0.2, 0.25) is 0 Å². The lowest BCUT2D eigenvalue weighted by Gasteiger charge is -2.27. The van der Waals surface area contributed by atoms with Gasteiger partial charge in [0.1, 0.15) is 6.04 Å². The highest BCUT2D eigenvalue weighted by atomic mass is 32.1. The summed E-state index contributed by atoms with van der Waals surface area (Å²) in [6, 6.07) is 22.5. The summed E-state index contributed by atoms with van der Waals surface area (Å²) in [5.74, 6) is -0.443. The fourth-order valence-electron chi connectivity index (χ4n) is 4.07. The number of aromatic nitrogens is 1. The molecule has 33 heavy (non-hydrogen) atoms. The average molecular weight is 455 g/mol. The molecule has 1 aromatic heterocycles. The average Bonchev–Trinajstić information content (AvgIpc) is 3.43. The van der Waals surface area contributed by atoms with Gasteiger partial charge in [0.05, 0.1) is 0 Å². The van der Waals surface area contributed by atoms with Gasteiger partial charge in [0.25, 0.3) is 11.8 Å². The van der Waals surface area contributed by atoms with Crippen molar-refractivity contribution in [3.8, 4) is 0 Å². The monoisotopic (exact) mass is 454 g/mol. The van der Waals surface area contributed by atoms with E-state index < -0.39 is 6.04 Å². The summed E-state index contributed by atoms with van der Waals surface area (Å²) in [7, 11) is 0. The number of hydrogen-bond acceptors (Lipinski definition) is 5. The second-order valence-electron chi connectivity index (χ2n) is 7.94. The Morgan fingerprint density at radius 1 is 1.03 bits per heavy atom. The normalized spacial score (nSPS) is 13.5. The summed E-state index contributed by atoms with van der Waals surface area (Å²) in [6.45, 7) is 2.34. The molecule has 2 N–H and O–H groups in total. The molecular formula is C26H22N4O2S. The number of rotatable bonds is 6. The fraction of sp³-hybridized carbons (Fsp3) is 0.115. The molecule has 2 heterocycles. The number of aryl methyl sites for hydroxylation is 1. The fourth-order valence-corrected chi connectivity index (χ4v) is 4.60. The Bertz CT molecular complexity index is 1310. The van der Waals surface area contributed by atoms with Crippen LogP contribution in [0.5, 0.6) is 0 Å². The number of carbonyl (C=O) groups is 2. The third kappa shape index (κ3) is 4.36. The minimum absolute atomic E-state index is 0.164. The number of benzene rings is 3. The smallest absolute Gasteiger partial charge is 0.255 e. The molecule has 0 spiro atoms. The number of fused-ring (bicyclic) bond motifs is 1.